The maximum absolute atomic E-state index is 12.4. The summed E-state index contributed by atoms with van der Waals surface area (Å²) in [6, 6.07) is 9.70. The van der Waals surface area contributed by atoms with Crippen LogP contribution >= 0.6 is 11.8 Å². The molecule has 6 nitrogen and oxygen atoms in total. The highest BCUT2D eigenvalue weighted by molar-refractivity contribution is 8.18. The number of aryl methyl sites for hydroxylation is 2. The van der Waals surface area contributed by atoms with Crippen LogP contribution in [-0.4, -0.2) is 25.0 Å². The fourth-order valence-corrected chi connectivity index (χ4v) is 3.65. The molecular weight excluding hydrogens is 364 g/mol. The van der Waals surface area contributed by atoms with E-state index in [4.69, 9.17) is 14.2 Å². The number of amides is 1. The number of rotatable bonds is 3. The Labute approximate surface area is 161 Å². The van der Waals surface area contributed by atoms with Gasteiger partial charge in [-0.25, -0.2) is 4.99 Å². The fourth-order valence-electron chi connectivity index (χ4n) is 2.81. The molecule has 2 aromatic carbocycles. The second kappa shape index (κ2) is 7.00. The summed E-state index contributed by atoms with van der Waals surface area (Å²) >= 11 is 1.31. The lowest BCUT2D eigenvalue weighted by molar-refractivity contribution is -0.115. The summed E-state index contributed by atoms with van der Waals surface area (Å²) in [6.07, 6.45) is 1.79. The van der Waals surface area contributed by atoms with Crippen LogP contribution in [0.1, 0.15) is 16.7 Å². The molecule has 1 N–H and O–H groups in total. The van der Waals surface area contributed by atoms with Gasteiger partial charge in [-0.15, -0.1) is 0 Å². The van der Waals surface area contributed by atoms with E-state index >= 15 is 0 Å². The van der Waals surface area contributed by atoms with Crippen LogP contribution in [0.2, 0.25) is 0 Å². The van der Waals surface area contributed by atoms with Gasteiger partial charge in [-0.2, -0.15) is 0 Å². The Balaban J connectivity index is 1.63. The van der Waals surface area contributed by atoms with Crippen LogP contribution in [0.4, 0.5) is 5.69 Å². The summed E-state index contributed by atoms with van der Waals surface area (Å²) in [6.45, 7) is 4.17. The number of aliphatic imine (C=N–C) groups is 1. The molecule has 0 spiro atoms. The van der Waals surface area contributed by atoms with E-state index in [1.807, 2.05) is 44.2 Å². The summed E-state index contributed by atoms with van der Waals surface area (Å²) in [5, 5.41) is 3.38. The highest BCUT2D eigenvalue weighted by Gasteiger charge is 2.25. The zero-order valence-electron chi connectivity index (χ0n) is 15.2. The van der Waals surface area contributed by atoms with E-state index in [1.165, 1.54) is 11.8 Å². The predicted octanol–water partition coefficient (Wildman–Crippen LogP) is 3.93. The third-order valence-electron chi connectivity index (χ3n) is 4.22. The second-order valence-corrected chi connectivity index (χ2v) is 7.26. The van der Waals surface area contributed by atoms with Crippen molar-refractivity contribution in [2.24, 2.45) is 4.99 Å². The number of benzene rings is 2. The van der Waals surface area contributed by atoms with Crippen molar-refractivity contribution in [3.05, 3.63) is 51.9 Å². The molecule has 2 aliphatic rings. The maximum atomic E-state index is 12.4. The van der Waals surface area contributed by atoms with E-state index in [0.29, 0.717) is 27.3 Å². The Hall–Kier alpha value is -2.93. The molecule has 0 saturated carbocycles. The Morgan fingerprint density at radius 1 is 1.22 bits per heavy atom. The molecule has 1 amide bonds. The molecule has 4 rings (SSSR count). The first-order valence-corrected chi connectivity index (χ1v) is 9.19. The number of hydrogen-bond acceptors (Lipinski definition) is 6. The number of amidine groups is 1. The van der Waals surface area contributed by atoms with Gasteiger partial charge in [-0.05, 0) is 66.6 Å². The van der Waals surface area contributed by atoms with Crippen molar-refractivity contribution in [2.75, 3.05) is 13.9 Å². The van der Waals surface area contributed by atoms with Crippen molar-refractivity contribution in [2.45, 2.75) is 13.8 Å². The Morgan fingerprint density at radius 3 is 2.89 bits per heavy atom. The van der Waals surface area contributed by atoms with Crippen molar-refractivity contribution < 1.29 is 19.0 Å². The molecule has 1 saturated heterocycles. The predicted molar refractivity (Wildman–Crippen MR) is 106 cm³/mol. The molecule has 1 fully saturated rings. The van der Waals surface area contributed by atoms with Gasteiger partial charge in [0.15, 0.2) is 16.7 Å². The first kappa shape index (κ1) is 17.5. The van der Waals surface area contributed by atoms with Crippen LogP contribution in [0, 0.1) is 13.8 Å². The van der Waals surface area contributed by atoms with Crippen molar-refractivity contribution in [3.8, 4) is 17.2 Å². The zero-order chi connectivity index (χ0) is 19.0. The van der Waals surface area contributed by atoms with E-state index in [2.05, 4.69) is 10.3 Å². The standard InChI is InChI=1S/C20H18N2O4S/c1-11-4-5-12(2)14(6-11)21-20-22-19(23)17(27-20)9-13-7-15(24-3)18-16(8-13)25-10-26-18/h4-9H,10H2,1-3H3,(H,21,22,23)/b17-9+. The van der Waals surface area contributed by atoms with Crippen LogP contribution in [0.3, 0.4) is 0 Å². The van der Waals surface area contributed by atoms with Gasteiger partial charge in [-0.3, -0.25) is 4.79 Å². The molecule has 0 bridgehead atoms. The van der Waals surface area contributed by atoms with Crippen molar-refractivity contribution in [1.82, 2.24) is 5.32 Å². The number of fused-ring (bicyclic) bond motifs is 1. The van der Waals surface area contributed by atoms with Crippen LogP contribution in [0.5, 0.6) is 17.2 Å². The van der Waals surface area contributed by atoms with Gasteiger partial charge in [-0.1, -0.05) is 12.1 Å². The van der Waals surface area contributed by atoms with Crippen molar-refractivity contribution in [3.63, 3.8) is 0 Å². The van der Waals surface area contributed by atoms with Gasteiger partial charge in [0, 0.05) is 0 Å². The first-order chi connectivity index (χ1) is 13.0. The lowest BCUT2D eigenvalue weighted by atomic mass is 10.1. The molecule has 0 radical (unpaired) electrons. The number of nitrogens with zero attached hydrogens (tertiary/aromatic N) is 1. The Bertz CT molecular complexity index is 998. The lowest BCUT2D eigenvalue weighted by Crippen LogP contribution is -2.19. The van der Waals surface area contributed by atoms with Gasteiger partial charge in [0.05, 0.1) is 17.7 Å². The quantitative estimate of drug-likeness (QED) is 0.815. The largest absolute Gasteiger partial charge is 0.493 e. The van der Waals surface area contributed by atoms with E-state index in [1.54, 1.807) is 13.2 Å². The minimum absolute atomic E-state index is 0.160. The first-order valence-electron chi connectivity index (χ1n) is 8.38. The molecule has 138 valence electrons. The Kier molecular flexibility index (Phi) is 4.53. The number of hydrogen-bond donors (Lipinski definition) is 1. The minimum atomic E-state index is -0.180. The average molecular weight is 382 g/mol. The van der Waals surface area contributed by atoms with Crippen molar-refractivity contribution in [1.29, 1.82) is 0 Å². The zero-order valence-corrected chi connectivity index (χ0v) is 16.0. The second-order valence-electron chi connectivity index (χ2n) is 6.23. The molecule has 7 heteroatoms. The van der Waals surface area contributed by atoms with Crippen molar-refractivity contribution >= 4 is 34.6 Å². The van der Waals surface area contributed by atoms with Gasteiger partial charge in [0.1, 0.15) is 0 Å². The number of carbonyl (C=O) groups excluding carboxylic acids is 1. The van der Waals surface area contributed by atoms with Crippen LogP contribution < -0.4 is 19.5 Å². The average Bonchev–Trinajstić information content (AvgIpc) is 3.24. The van der Waals surface area contributed by atoms with Crippen LogP contribution in [-0.2, 0) is 4.79 Å². The number of carbonyl (C=O) groups is 1. The number of ether oxygens (including phenoxy) is 3. The number of thioether (sulfide) groups is 1. The molecule has 0 aliphatic carbocycles. The molecule has 0 unspecified atom stereocenters. The van der Waals surface area contributed by atoms with Gasteiger partial charge in [0.2, 0.25) is 12.5 Å². The van der Waals surface area contributed by atoms with E-state index in [9.17, 15) is 4.79 Å². The topological polar surface area (TPSA) is 69.2 Å². The number of methoxy groups -OCH3 is 1. The third kappa shape index (κ3) is 3.50. The monoisotopic (exact) mass is 382 g/mol. The highest BCUT2D eigenvalue weighted by atomic mass is 32.2. The summed E-state index contributed by atoms with van der Waals surface area (Å²) in [7, 11) is 1.57. The summed E-state index contributed by atoms with van der Waals surface area (Å²) in [5.74, 6) is 1.58. The van der Waals surface area contributed by atoms with Gasteiger partial charge in [0.25, 0.3) is 5.91 Å². The Morgan fingerprint density at radius 2 is 2.07 bits per heavy atom. The third-order valence-corrected chi connectivity index (χ3v) is 5.13. The summed E-state index contributed by atoms with van der Waals surface area (Å²) in [4.78, 5) is 17.5. The minimum Gasteiger partial charge on any atom is -0.493 e. The van der Waals surface area contributed by atoms with E-state index in [0.717, 1.165) is 22.4 Å². The van der Waals surface area contributed by atoms with Crippen LogP contribution in [0.15, 0.2) is 40.2 Å². The van der Waals surface area contributed by atoms with E-state index in [-0.39, 0.29) is 12.7 Å². The molecule has 27 heavy (non-hydrogen) atoms. The summed E-state index contributed by atoms with van der Waals surface area (Å²) < 4.78 is 16.2. The lowest BCUT2D eigenvalue weighted by Gasteiger charge is -2.06. The molecule has 2 heterocycles. The molecule has 2 aliphatic heterocycles. The smallest absolute Gasteiger partial charge is 0.264 e. The molecule has 0 atom stereocenters. The number of nitrogens with one attached hydrogen (secondary N) is 1. The molecule has 0 aromatic heterocycles. The van der Waals surface area contributed by atoms with Crippen LogP contribution in [0.25, 0.3) is 6.08 Å². The highest BCUT2D eigenvalue weighted by Crippen LogP contribution is 2.42. The summed E-state index contributed by atoms with van der Waals surface area (Å²) in [5.41, 5.74) is 3.82. The maximum Gasteiger partial charge on any atom is 0.264 e. The normalized spacial score (nSPS) is 18.3. The molecule has 2 aromatic rings. The molecular formula is C20H18N2O4S. The van der Waals surface area contributed by atoms with E-state index < -0.39 is 0 Å². The van der Waals surface area contributed by atoms with Gasteiger partial charge < -0.3 is 19.5 Å². The van der Waals surface area contributed by atoms with Gasteiger partial charge >= 0.3 is 0 Å². The fraction of sp³-hybridized carbons (Fsp3) is 0.200. The SMILES string of the molecule is COc1cc(/C=C2/SC(=Nc3cc(C)ccc3C)NC2=O)cc2c1OCO2.